The molecule has 2 fully saturated rings. The number of anilines is 1. The first-order chi connectivity index (χ1) is 12.2. The van der Waals surface area contributed by atoms with Gasteiger partial charge >= 0.3 is 0 Å². The summed E-state index contributed by atoms with van der Waals surface area (Å²) in [5.41, 5.74) is 0.693. The van der Waals surface area contributed by atoms with Crippen molar-refractivity contribution in [2.75, 3.05) is 24.6 Å². The Morgan fingerprint density at radius 2 is 2.16 bits per heavy atom. The minimum atomic E-state index is -0.421. The van der Waals surface area contributed by atoms with Crippen LogP contribution in [0.25, 0.3) is 0 Å². The smallest absolute Gasteiger partial charge is 0.225 e. The van der Waals surface area contributed by atoms with E-state index in [1.54, 1.807) is 6.20 Å². The molecule has 0 radical (unpaired) electrons. The number of piperidine rings is 1. The van der Waals surface area contributed by atoms with Crippen molar-refractivity contribution in [2.24, 2.45) is 0 Å². The Labute approximate surface area is 146 Å². The summed E-state index contributed by atoms with van der Waals surface area (Å²) < 4.78 is 25.2. The monoisotopic (exact) mass is 344 g/mol. The molecule has 6 nitrogen and oxygen atoms in total. The molecule has 2 aliphatic heterocycles. The van der Waals surface area contributed by atoms with Gasteiger partial charge < -0.3 is 14.4 Å². The standard InChI is InChI=1S/C18H21FN4O2/c19-14-9-21-17(22-10-14)23-7-3-5-18(13-23)8-16(12-25-18)24-11-15-4-1-2-6-20-15/h1-2,4,6,9-10,16H,3,5,7-8,11-13H2/t16-,18+/m1/s1. The topological polar surface area (TPSA) is 60.4 Å². The third-order valence-corrected chi connectivity index (χ3v) is 4.80. The predicted molar refractivity (Wildman–Crippen MR) is 89.6 cm³/mol. The Morgan fingerprint density at radius 3 is 2.96 bits per heavy atom. The lowest BCUT2D eigenvalue weighted by Gasteiger charge is -2.39. The van der Waals surface area contributed by atoms with Crippen molar-refractivity contribution < 1.29 is 13.9 Å². The van der Waals surface area contributed by atoms with E-state index in [1.165, 1.54) is 12.4 Å². The molecule has 0 aliphatic carbocycles. The first-order valence-corrected chi connectivity index (χ1v) is 8.60. The molecule has 0 unspecified atom stereocenters. The Morgan fingerprint density at radius 1 is 1.28 bits per heavy atom. The lowest BCUT2D eigenvalue weighted by atomic mass is 9.89. The third-order valence-electron chi connectivity index (χ3n) is 4.80. The summed E-state index contributed by atoms with van der Waals surface area (Å²) in [4.78, 5) is 14.5. The van der Waals surface area contributed by atoms with Crippen LogP contribution in [0.1, 0.15) is 25.0 Å². The molecule has 1 spiro atoms. The molecule has 0 saturated carbocycles. The van der Waals surface area contributed by atoms with Crippen molar-refractivity contribution in [1.82, 2.24) is 15.0 Å². The highest BCUT2D eigenvalue weighted by Gasteiger charge is 2.44. The van der Waals surface area contributed by atoms with Crippen molar-refractivity contribution in [3.63, 3.8) is 0 Å². The number of nitrogens with zero attached hydrogens (tertiary/aromatic N) is 4. The van der Waals surface area contributed by atoms with Crippen molar-refractivity contribution in [3.05, 3.63) is 48.3 Å². The molecule has 2 saturated heterocycles. The van der Waals surface area contributed by atoms with Crippen molar-refractivity contribution >= 4 is 5.95 Å². The van der Waals surface area contributed by atoms with Crippen LogP contribution in [0.2, 0.25) is 0 Å². The Kier molecular flexibility index (Phi) is 4.59. The van der Waals surface area contributed by atoms with E-state index in [1.807, 2.05) is 18.2 Å². The third kappa shape index (κ3) is 3.77. The molecular formula is C18H21FN4O2. The van der Waals surface area contributed by atoms with E-state index in [9.17, 15) is 4.39 Å². The van der Waals surface area contributed by atoms with E-state index < -0.39 is 5.82 Å². The van der Waals surface area contributed by atoms with Crippen LogP contribution in [0.5, 0.6) is 0 Å². The van der Waals surface area contributed by atoms with Gasteiger partial charge in [0.15, 0.2) is 5.82 Å². The van der Waals surface area contributed by atoms with Crippen molar-refractivity contribution in [1.29, 1.82) is 0 Å². The van der Waals surface area contributed by atoms with Crippen LogP contribution in [0, 0.1) is 5.82 Å². The van der Waals surface area contributed by atoms with Crippen LogP contribution < -0.4 is 4.90 Å². The quantitative estimate of drug-likeness (QED) is 0.849. The molecule has 0 bridgehead atoms. The van der Waals surface area contributed by atoms with Gasteiger partial charge in [-0.15, -0.1) is 0 Å². The summed E-state index contributed by atoms with van der Waals surface area (Å²) in [6, 6.07) is 5.81. The molecule has 2 aromatic rings. The van der Waals surface area contributed by atoms with Gasteiger partial charge in [-0.05, 0) is 25.0 Å². The number of rotatable bonds is 4. The average Bonchev–Trinajstić information content (AvgIpc) is 3.04. The first kappa shape index (κ1) is 16.4. The summed E-state index contributed by atoms with van der Waals surface area (Å²) in [6.45, 7) is 2.65. The second kappa shape index (κ2) is 7.01. The minimum absolute atomic E-state index is 0.0658. The highest BCUT2D eigenvalue weighted by Crippen LogP contribution is 2.36. The number of ether oxygens (including phenoxy) is 2. The van der Waals surface area contributed by atoms with E-state index in [0.717, 1.165) is 31.5 Å². The first-order valence-electron chi connectivity index (χ1n) is 8.60. The van der Waals surface area contributed by atoms with Gasteiger partial charge in [0.05, 0.1) is 43.0 Å². The molecule has 2 aromatic heterocycles. The second-order valence-corrected chi connectivity index (χ2v) is 6.68. The van der Waals surface area contributed by atoms with Gasteiger partial charge in [-0.3, -0.25) is 4.98 Å². The summed E-state index contributed by atoms with van der Waals surface area (Å²) in [7, 11) is 0. The molecule has 4 heterocycles. The van der Waals surface area contributed by atoms with Gasteiger partial charge in [0.25, 0.3) is 0 Å². The molecule has 2 aliphatic rings. The highest BCUT2D eigenvalue weighted by atomic mass is 19.1. The van der Waals surface area contributed by atoms with Crippen LogP contribution in [-0.4, -0.2) is 46.4 Å². The summed E-state index contributed by atoms with van der Waals surface area (Å²) in [5.74, 6) is 0.137. The molecule has 132 valence electrons. The maximum absolute atomic E-state index is 13.0. The zero-order valence-corrected chi connectivity index (χ0v) is 14.0. The maximum atomic E-state index is 13.0. The number of pyridine rings is 1. The number of halogens is 1. The van der Waals surface area contributed by atoms with Crippen LogP contribution in [0.4, 0.5) is 10.3 Å². The Balaban J connectivity index is 1.36. The van der Waals surface area contributed by atoms with Gasteiger partial charge in [-0.2, -0.15) is 0 Å². The zero-order chi connectivity index (χ0) is 17.1. The van der Waals surface area contributed by atoms with Crippen LogP contribution in [-0.2, 0) is 16.1 Å². The van der Waals surface area contributed by atoms with E-state index in [4.69, 9.17) is 9.47 Å². The molecule has 0 aromatic carbocycles. The largest absolute Gasteiger partial charge is 0.370 e. The second-order valence-electron chi connectivity index (χ2n) is 6.68. The normalized spacial score (nSPS) is 26.3. The maximum Gasteiger partial charge on any atom is 0.225 e. The molecule has 2 atom stereocenters. The van der Waals surface area contributed by atoms with Gasteiger partial charge in [-0.1, -0.05) is 6.07 Å². The van der Waals surface area contributed by atoms with E-state index in [2.05, 4.69) is 19.9 Å². The highest BCUT2D eigenvalue weighted by molar-refractivity contribution is 5.31. The summed E-state index contributed by atoms with van der Waals surface area (Å²) in [5, 5.41) is 0. The van der Waals surface area contributed by atoms with Gasteiger partial charge in [0, 0.05) is 25.7 Å². The van der Waals surface area contributed by atoms with Crippen molar-refractivity contribution in [2.45, 2.75) is 37.6 Å². The fraction of sp³-hybridized carbons (Fsp3) is 0.500. The fourth-order valence-corrected chi connectivity index (χ4v) is 3.62. The van der Waals surface area contributed by atoms with Gasteiger partial charge in [0.1, 0.15) is 0 Å². The molecule has 0 N–H and O–H groups in total. The Hall–Kier alpha value is -2.12. The molecule has 7 heteroatoms. The number of aromatic nitrogens is 3. The molecular weight excluding hydrogens is 323 g/mol. The molecule has 25 heavy (non-hydrogen) atoms. The fourth-order valence-electron chi connectivity index (χ4n) is 3.62. The van der Waals surface area contributed by atoms with Crippen LogP contribution >= 0.6 is 0 Å². The SMILES string of the molecule is Fc1cnc(N2CCC[C@]3(C[C@@H](OCc4ccccn4)CO3)C2)nc1. The Bertz CT molecular complexity index is 700. The van der Waals surface area contributed by atoms with Crippen LogP contribution in [0.3, 0.4) is 0 Å². The molecule has 4 rings (SSSR count). The van der Waals surface area contributed by atoms with Gasteiger partial charge in [0.2, 0.25) is 5.95 Å². The van der Waals surface area contributed by atoms with Crippen molar-refractivity contribution in [3.8, 4) is 0 Å². The average molecular weight is 344 g/mol. The minimum Gasteiger partial charge on any atom is -0.370 e. The van der Waals surface area contributed by atoms with Crippen LogP contribution in [0.15, 0.2) is 36.8 Å². The van der Waals surface area contributed by atoms with E-state index in [0.29, 0.717) is 25.7 Å². The zero-order valence-electron chi connectivity index (χ0n) is 14.0. The lowest BCUT2D eigenvalue weighted by molar-refractivity contribution is -0.0140. The molecule has 0 amide bonds. The number of hydrogen-bond donors (Lipinski definition) is 0. The lowest BCUT2D eigenvalue weighted by Crippen LogP contribution is -2.48. The van der Waals surface area contributed by atoms with E-state index in [-0.39, 0.29) is 11.7 Å². The number of hydrogen-bond acceptors (Lipinski definition) is 6. The predicted octanol–water partition coefficient (Wildman–Crippen LogP) is 2.36. The summed E-state index contributed by atoms with van der Waals surface area (Å²) >= 11 is 0. The van der Waals surface area contributed by atoms with E-state index >= 15 is 0 Å². The van der Waals surface area contributed by atoms with Gasteiger partial charge in [-0.25, -0.2) is 14.4 Å². The summed E-state index contributed by atoms with van der Waals surface area (Å²) in [6.07, 6.45) is 7.08.